The van der Waals surface area contributed by atoms with Gasteiger partial charge in [0.1, 0.15) is 6.04 Å². The number of nitrogens with zero attached hydrogens (tertiary/aromatic N) is 3. The Labute approximate surface area is 263 Å². The highest BCUT2D eigenvalue weighted by Gasteiger charge is 2.31. The van der Waals surface area contributed by atoms with Crippen LogP contribution in [0.15, 0.2) is 108 Å². The van der Waals surface area contributed by atoms with Crippen molar-refractivity contribution in [1.29, 1.82) is 0 Å². The van der Waals surface area contributed by atoms with Gasteiger partial charge in [0.05, 0.1) is 4.90 Å². The molecule has 4 aromatic rings. The average Bonchev–Trinajstić information content (AvgIpc) is 3.61. The van der Waals surface area contributed by atoms with Gasteiger partial charge in [-0.15, -0.1) is 0 Å². The highest BCUT2D eigenvalue weighted by Crippen LogP contribution is 2.26. The molecule has 1 aliphatic heterocycles. The van der Waals surface area contributed by atoms with E-state index in [2.05, 4.69) is 10.3 Å². The number of hydrogen-bond acceptors (Lipinski definition) is 5. The van der Waals surface area contributed by atoms with Gasteiger partial charge in [-0.25, -0.2) is 8.42 Å². The number of hydrogen-bond donors (Lipinski definition) is 1. The predicted octanol–water partition coefficient (Wildman–Crippen LogP) is 5.54. The molecular weight excluding hydrogens is 596 g/mol. The molecule has 3 aromatic carbocycles. The number of carbonyl (C=O) groups excluding carboxylic acids is 2. The minimum absolute atomic E-state index is 0.130. The molecule has 2 amide bonds. The lowest BCUT2D eigenvalue weighted by atomic mass is 10.0. The van der Waals surface area contributed by atoms with E-state index in [1.165, 1.54) is 4.31 Å². The first kappa shape index (κ1) is 31.4. The Bertz CT molecular complexity index is 1650. The van der Waals surface area contributed by atoms with Crippen molar-refractivity contribution in [1.82, 2.24) is 19.5 Å². The van der Waals surface area contributed by atoms with Crippen LogP contribution in [0.25, 0.3) is 0 Å². The molecule has 0 radical (unpaired) electrons. The average molecular weight is 631 g/mol. The maximum absolute atomic E-state index is 14.0. The largest absolute Gasteiger partial charge is 0.350 e. The summed E-state index contributed by atoms with van der Waals surface area (Å²) in [5.41, 5.74) is 3.20. The van der Waals surface area contributed by atoms with Gasteiger partial charge in [0.15, 0.2) is 0 Å². The smallest absolute Gasteiger partial charge is 0.247 e. The van der Waals surface area contributed by atoms with E-state index >= 15 is 0 Å². The molecule has 1 saturated heterocycles. The Morgan fingerprint density at radius 1 is 0.864 bits per heavy atom. The van der Waals surface area contributed by atoms with Gasteiger partial charge in [0.2, 0.25) is 21.8 Å². The first-order valence-electron chi connectivity index (χ1n) is 14.7. The quantitative estimate of drug-likeness (QED) is 0.222. The van der Waals surface area contributed by atoms with Crippen LogP contribution in [-0.4, -0.2) is 47.5 Å². The number of carbonyl (C=O) groups is 2. The number of nitrogens with one attached hydrogen (secondary N) is 1. The minimum atomic E-state index is -3.51. The van der Waals surface area contributed by atoms with E-state index in [1.807, 2.05) is 48.5 Å². The normalized spacial score (nSPS) is 14.2. The van der Waals surface area contributed by atoms with Crippen LogP contribution in [0.4, 0.5) is 0 Å². The molecule has 0 unspecified atom stereocenters. The number of rotatable bonds is 12. The van der Waals surface area contributed by atoms with Crippen LogP contribution in [0.2, 0.25) is 5.02 Å². The van der Waals surface area contributed by atoms with Gasteiger partial charge in [0, 0.05) is 50.0 Å². The third-order valence-corrected chi connectivity index (χ3v) is 9.87. The molecule has 10 heteroatoms. The van der Waals surface area contributed by atoms with Gasteiger partial charge in [-0.2, -0.15) is 4.31 Å². The maximum atomic E-state index is 14.0. The van der Waals surface area contributed by atoms with Crippen LogP contribution in [0.5, 0.6) is 0 Å². The van der Waals surface area contributed by atoms with Crippen molar-refractivity contribution in [2.45, 2.75) is 49.7 Å². The Kier molecular flexibility index (Phi) is 10.4. The number of benzene rings is 3. The summed E-state index contributed by atoms with van der Waals surface area (Å²) >= 11 is 6.12. The van der Waals surface area contributed by atoms with Crippen LogP contribution >= 0.6 is 11.6 Å². The topological polar surface area (TPSA) is 99.7 Å². The molecule has 228 valence electrons. The third kappa shape index (κ3) is 7.91. The molecule has 1 aliphatic rings. The SMILES string of the molecule is O=C(NCc1cccnc1)[C@@H](c1ccccc1)N(Cc1ccc(Cl)cc1)C(=O)CCc1ccc(S(=O)(=O)N2CCCC2)cc1. The van der Waals surface area contributed by atoms with Gasteiger partial charge < -0.3 is 10.2 Å². The lowest BCUT2D eigenvalue weighted by Crippen LogP contribution is -2.43. The summed E-state index contributed by atoms with van der Waals surface area (Å²) in [6, 6.07) is 26.0. The Morgan fingerprint density at radius 2 is 1.55 bits per heavy atom. The van der Waals surface area contributed by atoms with Crippen LogP contribution < -0.4 is 5.32 Å². The Morgan fingerprint density at radius 3 is 2.20 bits per heavy atom. The maximum Gasteiger partial charge on any atom is 0.247 e. The lowest BCUT2D eigenvalue weighted by molar-refractivity contribution is -0.141. The molecule has 1 atom stereocenters. The highest BCUT2D eigenvalue weighted by atomic mass is 35.5. The van der Waals surface area contributed by atoms with Crippen molar-refractivity contribution in [3.05, 3.63) is 131 Å². The van der Waals surface area contributed by atoms with Crippen molar-refractivity contribution in [3.8, 4) is 0 Å². The summed E-state index contributed by atoms with van der Waals surface area (Å²) in [5.74, 6) is -0.516. The van der Waals surface area contributed by atoms with Crippen LogP contribution in [0, 0.1) is 0 Å². The first-order chi connectivity index (χ1) is 21.3. The number of aromatic nitrogens is 1. The van der Waals surface area contributed by atoms with E-state index < -0.39 is 16.1 Å². The fourth-order valence-electron chi connectivity index (χ4n) is 5.31. The van der Waals surface area contributed by atoms with Crippen molar-refractivity contribution in [2.24, 2.45) is 0 Å². The molecule has 2 heterocycles. The first-order valence-corrected chi connectivity index (χ1v) is 16.5. The second-order valence-corrected chi connectivity index (χ2v) is 13.2. The van der Waals surface area contributed by atoms with E-state index in [0.717, 1.165) is 29.5 Å². The van der Waals surface area contributed by atoms with E-state index in [-0.39, 0.29) is 36.2 Å². The van der Waals surface area contributed by atoms with Gasteiger partial charge >= 0.3 is 0 Å². The van der Waals surface area contributed by atoms with E-state index in [9.17, 15) is 18.0 Å². The zero-order valence-electron chi connectivity index (χ0n) is 24.3. The third-order valence-electron chi connectivity index (χ3n) is 7.71. The summed E-state index contributed by atoms with van der Waals surface area (Å²) in [6.07, 6.45) is 5.62. The molecule has 0 saturated carbocycles. The molecule has 1 N–H and O–H groups in total. The van der Waals surface area contributed by atoms with Crippen molar-refractivity contribution in [2.75, 3.05) is 13.1 Å². The van der Waals surface area contributed by atoms with E-state index in [0.29, 0.717) is 30.1 Å². The van der Waals surface area contributed by atoms with Crippen molar-refractivity contribution in [3.63, 3.8) is 0 Å². The number of halogens is 1. The molecule has 8 nitrogen and oxygen atoms in total. The molecule has 0 aliphatic carbocycles. The van der Waals surface area contributed by atoms with Crippen LogP contribution in [0.3, 0.4) is 0 Å². The Balaban J connectivity index is 1.37. The second-order valence-electron chi connectivity index (χ2n) is 10.8. The summed E-state index contributed by atoms with van der Waals surface area (Å²) in [7, 11) is -3.51. The Hall–Kier alpha value is -4.05. The van der Waals surface area contributed by atoms with Crippen molar-refractivity contribution < 1.29 is 18.0 Å². The summed E-state index contributed by atoms with van der Waals surface area (Å²) in [4.78, 5) is 33.8. The van der Waals surface area contributed by atoms with Crippen LogP contribution in [0.1, 0.15) is 47.6 Å². The molecule has 5 rings (SSSR count). The number of aryl methyl sites for hydroxylation is 1. The number of sulfonamides is 1. The second kappa shape index (κ2) is 14.6. The zero-order valence-corrected chi connectivity index (χ0v) is 25.9. The molecule has 0 spiro atoms. The zero-order chi connectivity index (χ0) is 30.9. The van der Waals surface area contributed by atoms with E-state index in [1.54, 1.807) is 59.8 Å². The molecule has 44 heavy (non-hydrogen) atoms. The molecule has 1 aromatic heterocycles. The summed E-state index contributed by atoms with van der Waals surface area (Å²) in [6.45, 7) is 1.55. The summed E-state index contributed by atoms with van der Waals surface area (Å²) in [5, 5.41) is 3.57. The van der Waals surface area contributed by atoms with Gasteiger partial charge in [-0.1, -0.05) is 72.3 Å². The minimum Gasteiger partial charge on any atom is -0.350 e. The monoisotopic (exact) mass is 630 g/mol. The fourth-order valence-corrected chi connectivity index (χ4v) is 6.95. The van der Waals surface area contributed by atoms with Crippen LogP contribution in [-0.2, 0) is 39.1 Å². The number of pyridine rings is 1. The van der Waals surface area contributed by atoms with Crippen molar-refractivity contribution >= 4 is 33.4 Å². The van der Waals surface area contributed by atoms with Gasteiger partial charge in [-0.05, 0) is 71.8 Å². The molecule has 0 bridgehead atoms. The van der Waals surface area contributed by atoms with Gasteiger partial charge in [-0.3, -0.25) is 14.6 Å². The van der Waals surface area contributed by atoms with E-state index in [4.69, 9.17) is 11.6 Å². The standard InChI is InChI=1S/C34H35ClN4O4S/c35-30-15-10-27(11-16-30)25-39(33(29-8-2-1-3-9-29)34(41)37-24-28-7-6-20-36-23-28)32(40)19-14-26-12-17-31(18-13-26)44(42,43)38-21-4-5-22-38/h1-3,6-13,15-18,20,23,33H,4-5,14,19,21-22,24-25H2,(H,37,41)/t33-/m1/s1. The summed E-state index contributed by atoms with van der Waals surface area (Å²) < 4.78 is 27.4. The lowest BCUT2D eigenvalue weighted by Gasteiger charge is -2.32. The number of amides is 2. The van der Waals surface area contributed by atoms with Gasteiger partial charge in [0.25, 0.3) is 0 Å². The highest BCUT2D eigenvalue weighted by molar-refractivity contribution is 7.89. The molecular formula is C34H35ClN4O4S. The fraction of sp³-hybridized carbons (Fsp3) is 0.265. The predicted molar refractivity (Wildman–Crippen MR) is 170 cm³/mol. The molecule has 1 fully saturated rings.